The van der Waals surface area contributed by atoms with Crippen LogP contribution in [0.5, 0.6) is 0 Å². The highest BCUT2D eigenvalue weighted by Gasteiger charge is 2.16. The van der Waals surface area contributed by atoms with Crippen LogP contribution in [-0.4, -0.2) is 16.3 Å². The van der Waals surface area contributed by atoms with Gasteiger partial charge < -0.3 is 0 Å². The van der Waals surface area contributed by atoms with Crippen molar-refractivity contribution in [1.29, 1.82) is 0 Å². The van der Waals surface area contributed by atoms with E-state index in [-0.39, 0.29) is 11.0 Å². The first-order valence-electron chi connectivity index (χ1n) is 4.96. The van der Waals surface area contributed by atoms with Crippen molar-refractivity contribution in [2.24, 2.45) is 0 Å². The third-order valence-electron chi connectivity index (χ3n) is 1.97. The van der Waals surface area contributed by atoms with Crippen LogP contribution in [0.1, 0.15) is 31.1 Å². The fourth-order valence-electron chi connectivity index (χ4n) is 1.32. The molecule has 1 aromatic rings. The van der Waals surface area contributed by atoms with E-state index in [0.717, 1.165) is 10.0 Å². The highest BCUT2D eigenvalue weighted by molar-refractivity contribution is 9.10. The van der Waals surface area contributed by atoms with Crippen molar-refractivity contribution in [2.45, 2.75) is 31.3 Å². The Labute approximate surface area is 104 Å². The lowest BCUT2D eigenvalue weighted by Gasteiger charge is -2.12. The van der Waals surface area contributed by atoms with E-state index in [1.807, 2.05) is 31.2 Å². The maximum atomic E-state index is 12.0. The van der Waals surface area contributed by atoms with Gasteiger partial charge in [-0.05, 0) is 24.3 Å². The zero-order chi connectivity index (χ0) is 11.4. The van der Waals surface area contributed by atoms with Crippen LogP contribution in [0.25, 0.3) is 0 Å². The molecule has 0 aliphatic rings. The Morgan fingerprint density at radius 2 is 1.73 bits per heavy atom. The third kappa shape index (κ3) is 3.99. The van der Waals surface area contributed by atoms with E-state index >= 15 is 0 Å². The molecular weight excluding hydrogens is 272 g/mol. The van der Waals surface area contributed by atoms with Crippen molar-refractivity contribution in [3.63, 3.8) is 0 Å². The molecule has 1 atom stereocenters. The van der Waals surface area contributed by atoms with Gasteiger partial charge in [-0.3, -0.25) is 4.79 Å². The molecule has 1 nitrogen and oxygen atoms in total. The average molecular weight is 287 g/mol. The molecule has 0 amide bonds. The number of hydrogen-bond donors (Lipinski definition) is 0. The Balaban J connectivity index is 2.72. The number of benzene rings is 1. The van der Waals surface area contributed by atoms with E-state index in [9.17, 15) is 4.79 Å². The number of carbonyl (C=O) groups excluding carboxylic acids is 1. The lowest BCUT2D eigenvalue weighted by atomic mass is 10.1. The van der Waals surface area contributed by atoms with Gasteiger partial charge in [0.1, 0.15) is 0 Å². The molecule has 0 aliphatic carbocycles. The van der Waals surface area contributed by atoms with Gasteiger partial charge in [-0.15, -0.1) is 11.8 Å². The molecule has 0 bridgehead atoms. The Bertz CT molecular complexity index is 332. The predicted octanol–water partition coefficient (Wildman–Crippen LogP) is 4.16. The number of thioether (sulfide) groups is 1. The summed E-state index contributed by atoms with van der Waals surface area (Å²) in [5.74, 6) is 0.209. The molecule has 82 valence electrons. The van der Waals surface area contributed by atoms with Crippen molar-refractivity contribution in [3.05, 3.63) is 34.3 Å². The number of carbonyl (C=O) groups is 1. The van der Waals surface area contributed by atoms with Crippen LogP contribution in [-0.2, 0) is 0 Å². The number of ketones is 1. The maximum absolute atomic E-state index is 12.0. The number of halogens is 1. The van der Waals surface area contributed by atoms with Crippen LogP contribution in [0.15, 0.2) is 28.7 Å². The van der Waals surface area contributed by atoms with Crippen LogP contribution in [0.3, 0.4) is 0 Å². The second-order valence-corrected chi connectivity index (χ2v) is 6.54. The molecule has 0 saturated carbocycles. The highest BCUT2D eigenvalue weighted by atomic mass is 79.9. The zero-order valence-corrected chi connectivity index (χ0v) is 11.6. The summed E-state index contributed by atoms with van der Waals surface area (Å²) < 4.78 is 1.00. The van der Waals surface area contributed by atoms with Gasteiger partial charge >= 0.3 is 0 Å². The van der Waals surface area contributed by atoms with E-state index in [4.69, 9.17) is 0 Å². The molecular formula is C12H15BrOS. The van der Waals surface area contributed by atoms with E-state index < -0.39 is 0 Å². The Kier molecular flexibility index (Phi) is 4.87. The second kappa shape index (κ2) is 5.71. The molecule has 0 N–H and O–H groups in total. The monoisotopic (exact) mass is 286 g/mol. The first kappa shape index (κ1) is 12.8. The maximum Gasteiger partial charge on any atom is 0.175 e. The molecule has 3 heteroatoms. The smallest absolute Gasteiger partial charge is 0.175 e. The highest BCUT2D eigenvalue weighted by Crippen LogP contribution is 2.21. The molecule has 15 heavy (non-hydrogen) atoms. The summed E-state index contributed by atoms with van der Waals surface area (Å²) in [5, 5.41) is 0.519. The summed E-state index contributed by atoms with van der Waals surface area (Å²) >= 11 is 5.06. The largest absolute Gasteiger partial charge is 0.293 e. The number of Topliss-reactive ketones (excluding diaryl/α,β-unsaturated/α-hetero) is 1. The first-order valence-corrected chi connectivity index (χ1v) is 6.69. The van der Waals surface area contributed by atoms with Gasteiger partial charge in [0.2, 0.25) is 0 Å². The van der Waals surface area contributed by atoms with Crippen LogP contribution < -0.4 is 0 Å². The number of rotatable bonds is 4. The predicted molar refractivity (Wildman–Crippen MR) is 70.7 cm³/mol. The van der Waals surface area contributed by atoms with Crippen molar-refractivity contribution in [1.82, 2.24) is 0 Å². The van der Waals surface area contributed by atoms with Crippen molar-refractivity contribution >= 4 is 33.5 Å². The van der Waals surface area contributed by atoms with Gasteiger partial charge in [0.05, 0.1) is 5.25 Å². The summed E-state index contributed by atoms with van der Waals surface area (Å²) in [6.45, 7) is 6.18. The third-order valence-corrected chi connectivity index (χ3v) is 3.67. The van der Waals surface area contributed by atoms with Gasteiger partial charge in [-0.25, -0.2) is 0 Å². The first-order chi connectivity index (χ1) is 7.00. The van der Waals surface area contributed by atoms with Gasteiger partial charge in [-0.1, -0.05) is 41.9 Å². The lowest BCUT2D eigenvalue weighted by Crippen LogP contribution is -2.15. The summed E-state index contributed by atoms with van der Waals surface area (Å²) in [7, 11) is 0. The lowest BCUT2D eigenvalue weighted by molar-refractivity contribution is 0.0994. The van der Waals surface area contributed by atoms with E-state index in [1.54, 1.807) is 11.8 Å². The summed E-state index contributed by atoms with van der Waals surface area (Å²) in [6.07, 6.45) is 0. The van der Waals surface area contributed by atoms with E-state index in [1.165, 1.54) is 0 Å². The fourth-order valence-corrected chi connectivity index (χ4v) is 2.66. The molecule has 0 heterocycles. The molecule has 0 fully saturated rings. The summed E-state index contributed by atoms with van der Waals surface area (Å²) in [6, 6.07) is 7.54. The Hall–Kier alpha value is -0.280. The minimum atomic E-state index is 0.0335. The molecule has 1 aromatic carbocycles. The van der Waals surface area contributed by atoms with Crippen LogP contribution in [0, 0.1) is 0 Å². The fraction of sp³-hybridized carbons (Fsp3) is 0.417. The average Bonchev–Trinajstić information content (AvgIpc) is 2.17. The topological polar surface area (TPSA) is 17.1 Å². The zero-order valence-electron chi connectivity index (χ0n) is 9.16. The van der Waals surface area contributed by atoms with E-state index in [2.05, 4.69) is 29.8 Å². The summed E-state index contributed by atoms with van der Waals surface area (Å²) in [5.41, 5.74) is 0.791. The van der Waals surface area contributed by atoms with Crippen molar-refractivity contribution in [2.75, 3.05) is 0 Å². The van der Waals surface area contributed by atoms with Crippen LogP contribution in [0.4, 0.5) is 0 Å². The SMILES string of the molecule is CC(C)SC(C)C(=O)c1ccc(Br)cc1. The standard InChI is InChI=1S/C12H15BrOS/c1-8(2)15-9(3)12(14)10-4-6-11(13)7-5-10/h4-9H,1-3H3. The van der Waals surface area contributed by atoms with Gasteiger partial charge in [0, 0.05) is 10.0 Å². The van der Waals surface area contributed by atoms with Crippen LogP contribution >= 0.6 is 27.7 Å². The molecule has 0 spiro atoms. The molecule has 0 radical (unpaired) electrons. The Morgan fingerprint density at radius 1 is 1.20 bits per heavy atom. The quantitative estimate of drug-likeness (QED) is 0.773. The van der Waals surface area contributed by atoms with E-state index in [0.29, 0.717) is 5.25 Å². The molecule has 0 aliphatic heterocycles. The van der Waals surface area contributed by atoms with Gasteiger partial charge in [0.25, 0.3) is 0 Å². The molecule has 1 rings (SSSR count). The van der Waals surface area contributed by atoms with Crippen molar-refractivity contribution in [3.8, 4) is 0 Å². The summed E-state index contributed by atoms with van der Waals surface area (Å²) in [4.78, 5) is 12.0. The second-order valence-electron chi connectivity index (χ2n) is 3.70. The van der Waals surface area contributed by atoms with Crippen molar-refractivity contribution < 1.29 is 4.79 Å². The minimum absolute atomic E-state index is 0.0335. The van der Waals surface area contributed by atoms with Gasteiger partial charge in [-0.2, -0.15) is 0 Å². The normalized spacial score (nSPS) is 12.9. The van der Waals surface area contributed by atoms with Crippen LogP contribution in [0.2, 0.25) is 0 Å². The molecule has 1 unspecified atom stereocenters. The number of hydrogen-bond acceptors (Lipinski definition) is 2. The minimum Gasteiger partial charge on any atom is -0.293 e. The molecule has 0 saturated heterocycles. The van der Waals surface area contributed by atoms with Gasteiger partial charge in [0.15, 0.2) is 5.78 Å². The molecule has 0 aromatic heterocycles. The Morgan fingerprint density at radius 3 is 2.20 bits per heavy atom.